The van der Waals surface area contributed by atoms with Gasteiger partial charge in [-0.3, -0.25) is 4.68 Å². The van der Waals surface area contributed by atoms with E-state index in [2.05, 4.69) is 11.3 Å². The molecule has 1 aromatic rings. The standard InChI is InChI=1S/C13H23N3/c1-16-13(8-9-14)12(10-15-16)11-6-4-2-3-5-7-11/h10-11H,2-9,14H2,1H3. The van der Waals surface area contributed by atoms with Gasteiger partial charge in [0.1, 0.15) is 0 Å². The molecule has 0 radical (unpaired) electrons. The van der Waals surface area contributed by atoms with E-state index in [1.54, 1.807) is 0 Å². The highest BCUT2D eigenvalue weighted by molar-refractivity contribution is 5.23. The van der Waals surface area contributed by atoms with E-state index in [4.69, 9.17) is 5.73 Å². The molecule has 1 fully saturated rings. The highest BCUT2D eigenvalue weighted by Gasteiger charge is 2.19. The Balaban J connectivity index is 2.17. The first-order valence-electron chi connectivity index (χ1n) is 6.53. The minimum absolute atomic E-state index is 0.721. The maximum Gasteiger partial charge on any atom is 0.0527 e. The first kappa shape index (κ1) is 11.6. The fraction of sp³-hybridized carbons (Fsp3) is 0.769. The van der Waals surface area contributed by atoms with Gasteiger partial charge in [-0.2, -0.15) is 5.10 Å². The molecule has 1 heterocycles. The van der Waals surface area contributed by atoms with E-state index in [-0.39, 0.29) is 0 Å². The lowest BCUT2D eigenvalue weighted by Crippen LogP contribution is -2.10. The summed E-state index contributed by atoms with van der Waals surface area (Å²) < 4.78 is 2.01. The van der Waals surface area contributed by atoms with Gasteiger partial charge in [-0.15, -0.1) is 0 Å². The number of nitrogens with two attached hydrogens (primary N) is 1. The zero-order valence-corrected chi connectivity index (χ0v) is 10.3. The Morgan fingerprint density at radius 1 is 1.31 bits per heavy atom. The number of nitrogens with zero attached hydrogens (tertiary/aromatic N) is 2. The molecule has 0 bridgehead atoms. The van der Waals surface area contributed by atoms with Gasteiger partial charge in [0.15, 0.2) is 0 Å². The average Bonchev–Trinajstić information content (AvgIpc) is 2.55. The number of hydrogen-bond donors (Lipinski definition) is 1. The molecule has 3 nitrogen and oxygen atoms in total. The molecule has 0 saturated heterocycles. The van der Waals surface area contributed by atoms with Gasteiger partial charge in [-0.25, -0.2) is 0 Å². The minimum atomic E-state index is 0.721. The summed E-state index contributed by atoms with van der Waals surface area (Å²) in [6, 6.07) is 0. The third-order valence-corrected chi connectivity index (χ3v) is 3.77. The van der Waals surface area contributed by atoms with Crippen molar-refractivity contribution >= 4 is 0 Å². The second kappa shape index (κ2) is 5.48. The molecule has 2 N–H and O–H groups in total. The number of aromatic nitrogens is 2. The van der Waals surface area contributed by atoms with E-state index in [1.165, 1.54) is 49.8 Å². The van der Waals surface area contributed by atoms with Crippen molar-refractivity contribution in [2.75, 3.05) is 6.54 Å². The molecule has 0 amide bonds. The molecule has 0 unspecified atom stereocenters. The highest BCUT2D eigenvalue weighted by Crippen LogP contribution is 2.33. The molecule has 0 atom stereocenters. The summed E-state index contributed by atoms with van der Waals surface area (Å²) in [5.41, 5.74) is 8.50. The first-order chi connectivity index (χ1) is 7.83. The highest BCUT2D eigenvalue weighted by atomic mass is 15.3. The largest absolute Gasteiger partial charge is 0.330 e. The summed E-state index contributed by atoms with van der Waals surface area (Å²) in [5.74, 6) is 0.734. The molecule has 90 valence electrons. The van der Waals surface area contributed by atoms with Crippen LogP contribution in [0.1, 0.15) is 55.7 Å². The van der Waals surface area contributed by atoms with E-state index in [0.717, 1.165) is 18.9 Å². The van der Waals surface area contributed by atoms with Crippen LogP contribution in [-0.2, 0) is 13.5 Å². The molecule has 1 aromatic heterocycles. The Morgan fingerprint density at radius 3 is 2.62 bits per heavy atom. The maximum atomic E-state index is 5.68. The second-order valence-electron chi connectivity index (χ2n) is 4.90. The van der Waals surface area contributed by atoms with Gasteiger partial charge in [0.05, 0.1) is 6.20 Å². The molecule has 1 aliphatic carbocycles. The van der Waals surface area contributed by atoms with Gasteiger partial charge in [-0.1, -0.05) is 25.7 Å². The smallest absolute Gasteiger partial charge is 0.0527 e. The lowest BCUT2D eigenvalue weighted by Gasteiger charge is -2.14. The first-order valence-corrected chi connectivity index (χ1v) is 6.53. The Bertz CT molecular complexity index is 322. The van der Waals surface area contributed by atoms with Crippen molar-refractivity contribution in [2.45, 2.75) is 50.9 Å². The van der Waals surface area contributed by atoms with E-state index >= 15 is 0 Å². The van der Waals surface area contributed by atoms with Crippen molar-refractivity contribution < 1.29 is 0 Å². The van der Waals surface area contributed by atoms with Crippen LogP contribution in [0.5, 0.6) is 0 Å². The van der Waals surface area contributed by atoms with Gasteiger partial charge in [0.25, 0.3) is 0 Å². The summed E-state index contributed by atoms with van der Waals surface area (Å²) in [4.78, 5) is 0. The maximum absolute atomic E-state index is 5.68. The van der Waals surface area contributed by atoms with Crippen molar-refractivity contribution in [1.29, 1.82) is 0 Å². The van der Waals surface area contributed by atoms with Crippen LogP contribution in [0.2, 0.25) is 0 Å². The normalized spacial score (nSPS) is 18.6. The predicted molar refractivity (Wildman–Crippen MR) is 66.4 cm³/mol. The zero-order chi connectivity index (χ0) is 11.4. The van der Waals surface area contributed by atoms with E-state index in [9.17, 15) is 0 Å². The molecule has 3 heteroatoms. The SMILES string of the molecule is Cn1ncc(C2CCCCCC2)c1CCN. The Kier molecular flexibility index (Phi) is 3.99. The van der Waals surface area contributed by atoms with E-state index < -0.39 is 0 Å². The summed E-state index contributed by atoms with van der Waals surface area (Å²) in [6.45, 7) is 0.721. The summed E-state index contributed by atoms with van der Waals surface area (Å²) in [6.07, 6.45) is 11.3. The van der Waals surface area contributed by atoms with Crippen LogP contribution in [0.3, 0.4) is 0 Å². The van der Waals surface area contributed by atoms with Crippen LogP contribution >= 0.6 is 0 Å². The molecule has 1 aliphatic rings. The topological polar surface area (TPSA) is 43.8 Å². The Morgan fingerprint density at radius 2 is 2.00 bits per heavy atom. The van der Waals surface area contributed by atoms with Crippen molar-refractivity contribution in [3.63, 3.8) is 0 Å². The van der Waals surface area contributed by atoms with Crippen LogP contribution < -0.4 is 5.73 Å². The monoisotopic (exact) mass is 221 g/mol. The molecule has 0 aliphatic heterocycles. The van der Waals surface area contributed by atoms with Gasteiger partial charge < -0.3 is 5.73 Å². The fourth-order valence-electron chi connectivity index (χ4n) is 2.85. The molecular formula is C13H23N3. The third-order valence-electron chi connectivity index (χ3n) is 3.77. The van der Waals surface area contributed by atoms with E-state index in [0.29, 0.717) is 0 Å². The number of aryl methyl sites for hydroxylation is 1. The van der Waals surface area contributed by atoms with Crippen LogP contribution in [-0.4, -0.2) is 16.3 Å². The minimum Gasteiger partial charge on any atom is -0.330 e. The van der Waals surface area contributed by atoms with Crippen LogP contribution in [0.4, 0.5) is 0 Å². The van der Waals surface area contributed by atoms with Gasteiger partial charge in [-0.05, 0) is 30.9 Å². The van der Waals surface area contributed by atoms with Crippen molar-refractivity contribution in [3.8, 4) is 0 Å². The van der Waals surface area contributed by atoms with Gasteiger partial charge in [0, 0.05) is 19.2 Å². The molecule has 16 heavy (non-hydrogen) atoms. The predicted octanol–water partition coefficient (Wildman–Crippen LogP) is 2.36. The number of hydrogen-bond acceptors (Lipinski definition) is 2. The lowest BCUT2D eigenvalue weighted by molar-refractivity contribution is 0.583. The van der Waals surface area contributed by atoms with Crippen LogP contribution in [0.25, 0.3) is 0 Å². The molecular weight excluding hydrogens is 198 g/mol. The van der Waals surface area contributed by atoms with E-state index in [1.807, 2.05) is 11.7 Å². The Labute approximate surface area is 98.0 Å². The average molecular weight is 221 g/mol. The summed E-state index contributed by atoms with van der Waals surface area (Å²) in [5, 5.41) is 4.40. The molecule has 0 aromatic carbocycles. The zero-order valence-electron chi connectivity index (χ0n) is 10.3. The van der Waals surface area contributed by atoms with Gasteiger partial charge >= 0.3 is 0 Å². The molecule has 2 rings (SSSR count). The fourth-order valence-corrected chi connectivity index (χ4v) is 2.85. The van der Waals surface area contributed by atoms with Crippen LogP contribution in [0, 0.1) is 0 Å². The second-order valence-corrected chi connectivity index (χ2v) is 4.90. The molecule has 1 saturated carbocycles. The molecule has 0 spiro atoms. The Hall–Kier alpha value is -0.830. The summed E-state index contributed by atoms with van der Waals surface area (Å²) >= 11 is 0. The summed E-state index contributed by atoms with van der Waals surface area (Å²) in [7, 11) is 2.03. The quantitative estimate of drug-likeness (QED) is 0.796. The lowest BCUT2D eigenvalue weighted by atomic mass is 9.91. The van der Waals surface area contributed by atoms with Crippen molar-refractivity contribution in [3.05, 3.63) is 17.5 Å². The van der Waals surface area contributed by atoms with Crippen LogP contribution in [0.15, 0.2) is 6.20 Å². The number of rotatable bonds is 3. The van der Waals surface area contributed by atoms with Crippen molar-refractivity contribution in [2.24, 2.45) is 12.8 Å². The third kappa shape index (κ3) is 2.46. The van der Waals surface area contributed by atoms with Gasteiger partial charge in [0.2, 0.25) is 0 Å². The van der Waals surface area contributed by atoms with Crippen molar-refractivity contribution in [1.82, 2.24) is 9.78 Å².